The molecular weight excluding hydrogens is 414 g/mol. The maximum absolute atomic E-state index is 12.6. The maximum atomic E-state index is 12.6. The first-order chi connectivity index (χ1) is 12.5. The van der Waals surface area contributed by atoms with Crippen LogP contribution in [0.1, 0.15) is 33.3 Å². The van der Waals surface area contributed by atoms with Gasteiger partial charge in [-0.05, 0) is 40.2 Å². The van der Waals surface area contributed by atoms with Crippen LogP contribution in [-0.2, 0) is 0 Å². The lowest BCUT2D eigenvalue weighted by atomic mass is 9.97. The molecule has 7 heteroatoms. The van der Waals surface area contributed by atoms with E-state index in [0.29, 0.717) is 21.7 Å². The van der Waals surface area contributed by atoms with Gasteiger partial charge in [-0.1, -0.05) is 24.3 Å². The number of phenolic OH excluding ortho intramolecular Hbond substituents is 1. The van der Waals surface area contributed by atoms with Crippen LogP contribution in [0, 0.1) is 5.41 Å². The first kappa shape index (κ1) is 18.3. The summed E-state index contributed by atoms with van der Waals surface area (Å²) in [5.41, 5.74) is 1.59. The van der Waals surface area contributed by atoms with E-state index < -0.39 is 6.04 Å². The van der Waals surface area contributed by atoms with E-state index in [-0.39, 0.29) is 18.1 Å². The van der Waals surface area contributed by atoms with E-state index >= 15 is 0 Å². The lowest BCUT2D eigenvalue weighted by Crippen LogP contribution is -2.29. The minimum atomic E-state index is -0.530. The van der Waals surface area contributed by atoms with Gasteiger partial charge in [0, 0.05) is 35.7 Å². The third-order valence-corrected chi connectivity index (χ3v) is 5.46. The van der Waals surface area contributed by atoms with Gasteiger partial charge in [0.05, 0.1) is 14.7 Å². The molecule has 0 radical (unpaired) electrons. The van der Waals surface area contributed by atoms with Gasteiger partial charge in [0.2, 0.25) is 0 Å². The zero-order valence-corrected chi connectivity index (χ0v) is 16.0. The Morgan fingerprint density at radius 1 is 1.23 bits per heavy atom. The Hall–Kier alpha value is -2.51. The summed E-state index contributed by atoms with van der Waals surface area (Å²) in [6.07, 6.45) is 3.50. The van der Waals surface area contributed by atoms with E-state index in [4.69, 9.17) is 5.41 Å². The van der Waals surface area contributed by atoms with Gasteiger partial charge >= 0.3 is 0 Å². The average Bonchev–Trinajstić information content (AvgIpc) is 3.09. The van der Waals surface area contributed by atoms with Crippen LogP contribution in [0.25, 0.3) is 0 Å². The van der Waals surface area contributed by atoms with Gasteiger partial charge in [-0.2, -0.15) is 0 Å². The summed E-state index contributed by atoms with van der Waals surface area (Å²) in [5.74, 6) is -0.155. The van der Waals surface area contributed by atoms with Crippen LogP contribution in [0.5, 0.6) is 5.75 Å². The molecule has 0 aliphatic rings. The molecule has 0 aliphatic heterocycles. The van der Waals surface area contributed by atoms with E-state index in [1.807, 2.05) is 6.07 Å². The Bertz CT molecular complexity index is 927. The van der Waals surface area contributed by atoms with Crippen molar-refractivity contribution >= 4 is 38.9 Å². The number of phenols is 1. The molecule has 2 aromatic heterocycles. The number of hydrogen-bond donors (Lipinski definition) is 3. The summed E-state index contributed by atoms with van der Waals surface area (Å²) in [7, 11) is 0. The van der Waals surface area contributed by atoms with Gasteiger partial charge in [-0.15, -0.1) is 11.3 Å². The molecule has 0 fully saturated rings. The summed E-state index contributed by atoms with van der Waals surface area (Å²) < 4.78 is 0.866. The molecule has 1 atom stereocenters. The number of benzene rings is 1. The van der Waals surface area contributed by atoms with Crippen LogP contribution in [0.3, 0.4) is 0 Å². The number of amides is 1. The number of para-hydroxylation sites is 1. The number of carbonyl (C=O) groups is 1. The molecule has 0 aliphatic carbocycles. The number of hydrogen-bond acceptors (Lipinski definition) is 5. The van der Waals surface area contributed by atoms with Crippen molar-refractivity contribution in [1.29, 1.82) is 5.41 Å². The second kappa shape index (κ2) is 8.25. The Morgan fingerprint density at radius 2 is 2.04 bits per heavy atom. The summed E-state index contributed by atoms with van der Waals surface area (Å²) >= 11 is 4.68. The fraction of sp³-hybridized carbons (Fsp3) is 0.105. The molecule has 3 aromatic rings. The predicted molar refractivity (Wildman–Crippen MR) is 106 cm³/mol. The van der Waals surface area contributed by atoms with Gasteiger partial charge in [0.15, 0.2) is 0 Å². The zero-order chi connectivity index (χ0) is 18.5. The van der Waals surface area contributed by atoms with Gasteiger partial charge in [-0.3, -0.25) is 9.78 Å². The van der Waals surface area contributed by atoms with E-state index in [0.717, 1.165) is 3.79 Å². The third-order valence-electron chi connectivity index (χ3n) is 3.83. The number of thiophene rings is 1. The Balaban J connectivity index is 1.86. The molecule has 0 spiro atoms. The van der Waals surface area contributed by atoms with Crippen molar-refractivity contribution in [2.45, 2.75) is 12.5 Å². The fourth-order valence-corrected chi connectivity index (χ4v) is 3.84. The molecule has 132 valence electrons. The topological polar surface area (TPSA) is 86.1 Å². The summed E-state index contributed by atoms with van der Waals surface area (Å²) in [6.45, 7) is 0. The van der Waals surface area contributed by atoms with Crippen molar-refractivity contribution < 1.29 is 9.90 Å². The van der Waals surface area contributed by atoms with E-state index in [9.17, 15) is 9.90 Å². The molecule has 3 rings (SSSR count). The monoisotopic (exact) mass is 429 g/mol. The normalized spacial score (nSPS) is 11.7. The Kier molecular flexibility index (Phi) is 5.80. The second-order valence-electron chi connectivity index (χ2n) is 5.61. The molecule has 5 nitrogen and oxygen atoms in total. The highest BCUT2D eigenvalue weighted by molar-refractivity contribution is 9.11. The lowest BCUT2D eigenvalue weighted by Gasteiger charge is -2.20. The highest BCUT2D eigenvalue weighted by Crippen LogP contribution is 2.29. The van der Waals surface area contributed by atoms with E-state index in [1.54, 1.807) is 54.9 Å². The molecular formula is C19H16BrN3O2S. The Morgan fingerprint density at radius 3 is 2.69 bits per heavy atom. The quantitative estimate of drug-likeness (QED) is 0.502. The van der Waals surface area contributed by atoms with Crippen LogP contribution in [0.15, 0.2) is 64.7 Å². The number of nitrogens with zero attached hydrogens (tertiary/aromatic N) is 1. The Labute approximate surface area is 163 Å². The summed E-state index contributed by atoms with van der Waals surface area (Å²) in [6, 6.07) is 13.4. The first-order valence-electron chi connectivity index (χ1n) is 7.86. The van der Waals surface area contributed by atoms with Crippen molar-refractivity contribution in [2.75, 3.05) is 0 Å². The molecule has 3 N–H and O–H groups in total. The molecule has 0 saturated carbocycles. The van der Waals surface area contributed by atoms with Crippen molar-refractivity contribution in [3.63, 3.8) is 0 Å². The van der Waals surface area contributed by atoms with Crippen molar-refractivity contribution in [1.82, 2.24) is 10.3 Å². The smallest absolute Gasteiger partial charge is 0.261 e. The van der Waals surface area contributed by atoms with Crippen LogP contribution < -0.4 is 5.32 Å². The predicted octanol–water partition coefficient (Wildman–Crippen LogP) is 4.54. The van der Waals surface area contributed by atoms with Gasteiger partial charge in [0.25, 0.3) is 5.91 Å². The number of aromatic nitrogens is 1. The van der Waals surface area contributed by atoms with Gasteiger partial charge < -0.3 is 15.8 Å². The van der Waals surface area contributed by atoms with Crippen LogP contribution in [-0.4, -0.2) is 21.7 Å². The van der Waals surface area contributed by atoms with Crippen LogP contribution >= 0.6 is 27.3 Å². The second-order valence-corrected chi connectivity index (χ2v) is 8.08. The van der Waals surface area contributed by atoms with E-state index in [1.165, 1.54) is 11.3 Å². The average molecular weight is 430 g/mol. The molecule has 2 heterocycles. The minimum absolute atomic E-state index is 0.0872. The maximum Gasteiger partial charge on any atom is 0.261 e. The van der Waals surface area contributed by atoms with Crippen LogP contribution in [0.4, 0.5) is 0 Å². The van der Waals surface area contributed by atoms with Crippen molar-refractivity contribution in [2.24, 2.45) is 0 Å². The van der Waals surface area contributed by atoms with Gasteiger partial charge in [0.1, 0.15) is 5.75 Å². The number of aromatic hydroxyl groups is 1. The fourth-order valence-electron chi connectivity index (χ4n) is 2.55. The molecule has 0 bridgehead atoms. The largest absolute Gasteiger partial charge is 0.508 e. The number of halogens is 1. The first-order valence-corrected chi connectivity index (χ1v) is 9.47. The number of rotatable bonds is 6. The van der Waals surface area contributed by atoms with Gasteiger partial charge in [-0.25, -0.2) is 0 Å². The lowest BCUT2D eigenvalue weighted by molar-refractivity contribution is 0.0941. The highest BCUT2D eigenvalue weighted by Gasteiger charge is 2.21. The molecule has 26 heavy (non-hydrogen) atoms. The zero-order valence-electron chi connectivity index (χ0n) is 13.6. The molecule has 0 saturated heterocycles. The molecule has 1 unspecified atom stereocenters. The SMILES string of the molecule is N=C(CC(NC(=O)c1ccc(Br)s1)c1ccccc1O)c1cccnc1. The molecule has 1 amide bonds. The number of nitrogens with one attached hydrogen (secondary N) is 2. The highest BCUT2D eigenvalue weighted by atomic mass is 79.9. The minimum Gasteiger partial charge on any atom is -0.508 e. The molecule has 1 aromatic carbocycles. The summed E-state index contributed by atoms with van der Waals surface area (Å²) in [4.78, 5) is 17.2. The van der Waals surface area contributed by atoms with Crippen molar-refractivity contribution in [3.05, 3.63) is 80.7 Å². The van der Waals surface area contributed by atoms with E-state index in [2.05, 4.69) is 26.2 Å². The standard InChI is InChI=1S/C19H16BrN3O2S/c20-18-8-7-17(26-18)19(25)23-15(13-5-1-2-6-16(13)24)10-14(21)12-4-3-9-22-11-12/h1-9,11,15,21,24H,10H2,(H,23,25). The number of carbonyl (C=O) groups excluding carboxylic acids is 1. The van der Waals surface area contributed by atoms with Crippen LogP contribution in [0.2, 0.25) is 0 Å². The number of pyridine rings is 1. The third kappa shape index (κ3) is 4.36. The summed E-state index contributed by atoms with van der Waals surface area (Å²) in [5, 5.41) is 21.5. The van der Waals surface area contributed by atoms with Crippen molar-refractivity contribution in [3.8, 4) is 5.75 Å².